The Hall–Kier alpha value is -3.18. The fraction of sp³-hybridized carbons (Fsp3) is 0.438. The summed E-state index contributed by atoms with van der Waals surface area (Å²) in [5.41, 5.74) is 8.53. The highest BCUT2D eigenvalue weighted by atomic mass is 32.1. The minimum atomic E-state index is -0.204. The fourth-order valence-electron chi connectivity index (χ4n) is 5.97. The van der Waals surface area contributed by atoms with E-state index in [2.05, 4.69) is 34.5 Å². The minimum absolute atomic E-state index is 0.0162. The molecule has 3 aliphatic rings. The number of aliphatic hydroxyl groups excluding tert-OH is 1. The van der Waals surface area contributed by atoms with Crippen LogP contribution in [0.2, 0.25) is 0 Å². The third kappa shape index (κ3) is 5.60. The van der Waals surface area contributed by atoms with Gasteiger partial charge in [0, 0.05) is 43.1 Å². The predicted octanol–water partition coefficient (Wildman–Crippen LogP) is 6.22. The molecule has 3 aromatic rings. The van der Waals surface area contributed by atoms with Crippen molar-refractivity contribution in [1.29, 1.82) is 5.26 Å². The van der Waals surface area contributed by atoms with Gasteiger partial charge in [-0.3, -0.25) is 0 Å². The number of ether oxygens (including phenoxy) is 1. The first kappa shape index (κ1) is 26.1. The van der Waals surface area contributed by atoms with Crippen molar-refractivity contribution >= 4 is 11.3 Å². The highest BCUT2D eigenvalue weighted by Crippen LogP contribution is 2.42. The molecule has 2 fully saturated rings. The predicted molar refractivity (Wildman–Crippen MR) is 156 cm³/mol. The van der Waals surface area contributed by atoms with Gasteiger partial charge in [0.1, 0.15) is 16.8 Å². The van der Waals surface area contributed by atoms with Gasteiger partial charge in [-0.25, -0.2) is 4.98 Å². The number of β-amino-alcohol motifs (C(OH)–C–C–N with tert-alkyl or cyclic N) is 1. The average Bonchev–Trinajstić information content (AvgIpc) is 3.49. The second kappa shape index (κ2) is 11.1. The minimum Gasteiger partial charge on any atom is -0.490 e. The normalized spacial score (nSPS) is 20.2. The Labute approximate surface area is 235 Å². The van der Waals surface area contributed by atoms with E-state index in [0.29, 0.717) is 17.4 Å². The van der Waals surface area contributed by atoms with Crippen LogP contribution in [0.3, 0.4) is 0 Å². The quantitative estimate of drug-likeness (QED) is 0.353. The van der Waals surface area contributed by atoms with E-state index in [1.54, 1.807) is 16.9 Å². The van der Waals surface area contributed by atoms with Crippen LogP contribution in [0, 0.1) is 11.3 Å². The molecule has 1 saturated carbocycles. The molecule has 0 bridgehead atoms. The summed E-state index contributed by atoms with van der Waals surface area (Å²) in [6.07, 6.45) is 8.31. The van der Waals surface area contributed by atoms with Gasteiger partial charge in [0.15, 0.2) is 0 Å². The zero-order chi connectivity index (χ0) is 26.9. The lowest BCUT2D eigenvalue weighted by molar-refractivity contribution is 0.0862. The van der Waals surface area contributed by atoms with Crippen molar-refractivity contribution in [3.63, 3.8) is 0 Å². The zero-order valence-corrected chi connectivity index (χ0v) is 23.6. The molecule has 2 aromatic carbocycles. The van der Waals surface area contributed by atoms with Crippen LogP contribution in [0.15, 0.2) is 53.9 Å². The van der Waals surface area contributed by atoms with E-state index in [1.807, 2.05) is 38.2 Å². The van der Waals surface area contributed by atoms with E-state index < -0.39 is 0 Å². The van der Waals surface area contributed by atoms with Gasteiger partial charge in [0.2, 0.25) is 0 Å². The Morgan fingerprint density at radius 1 is 1.23 bits per heavy atom. The van der Waals surface area contributed by atoms with Crippen molar-refractivity contribution in [3.05, 3.63) is 70.6 Å². The molecule has 0 spiro atoms. The number of nitrogens with one attached hydrogen (secondary N) is 1. The van der Waals surface area contributed by atoms with Crippen LogP contribution < -0.4 is 10.1 Å². The molecule has 7 heteroatoms. The summed E-state index contributed by atoms with van der Waals surface area (Å²) in [4.78, 5) is 8.32. The summed E-state index contributed by atoms with van der Waals surface area (Å²) < 4.78 is 5.79. The molecule has 202 valence electrons. The van der Waals surface area contributed by atoms with Gasteiger partial charge >= 0.3 is 0 Å². The van der Waals surface area contributed by atoms with Crippen LogP contribution in [0.25, 0.3) is 21.0 Å². The maximum absolute atomic E-state index is 10.2. The molecule has 39 heavy (non-hydrogen) atoms. The third-order valence-electron chi connectivity index (χ3n) is 7.95. The molecular formula is C32H36N4O2S. The van der Waals surface area contributed by atoms with Crippen molar-refractivity contribution in [2.24, 2.45) is 0 Å². The third-order valence-corrected chi connectivity index (χ3v) is 9.03. The van der Waals surface area contributed by atoms with Crippen LogP contribution >= 0.6 is 11.3 Å². The van der Waals surface area contributed by atoms with Crippen molar-refractivity contribution < 1.29 is 9.84 Å². The highest BCUT2D eigenvalue weighted by Gasteiger charge is 2.29. The van der Waals surface area contributed by atoms with Crippen molar-refractivity contribution in [2.75, 3.05) is 19.6 Å². The maximum Gasteiger partial charge on any atom is 0.137 e. The number of aromatic nitrogens is 1. The van der Waals surface area contributed by atoms with Gasteiger partial charge in [-0.2, -0.15) is 5.26 Å². The van der Waals surface area contributed by atoms with Crippen LogP contribution in [-0.4, -0.2) is 46.8 Å². The van der Waals surface area contributed by atoms with Crippen molar-refractivity contribution in [1.82, 2.24) is 15.2 Å². The average molecular weight is 541 g/mol. The molecule has 0 unspecified atom stereocenters. The number of hydrogen-bond acceptors (Lipinski definition) is 7. The van der Waals surface area contributed by atoms with Crippen molar-refractivity contribution in [3.8, 4) is 32.8 Å². The number of benzene rings is 2. The monoisotopic (exact) mass is 540 g/mol. The molecule has 6 nitrogen and oxygen atoms in total. The van der Waals surface area contributed by atoms with Crippen LogP contribution in [0.4, 0.5) is 0 Å². The van der Waals surface area contributed by atoms with E-state index in [-0.39, 0.29) is 12.2 Å². The molecule has 1 aromatic heterocycles. The molecular weight excluding hydrogens is 504 g/mol. The Morgan fingerprint density at radius 3 is 2.87 bits per heavy atom. The number of allylic oxidation sites excluding steroid dienone is 1. The molecule has 1 saturated heterocycles. The van der Waals surface area contributed by atoms with Gasteiger partial charge in [0.05, 0.1) is 22.6 Å². The standard InChI is InChI=1S/C32H36N4O2S/c1-20(2)38-30-13-10-22(15-23(30)16-33)32-35-18-31(39-32)27-7-3-6-26-25(27)11-12-28(26)34-17-29(21-8-9-21)36-14-4-5-24(37)19-36/h3,6-7,10,13,15,18,20,24,28,34,37H,4-5,8-9,11-12,14,17,19H2,1-2H3/t24-,28-/m0/s1. The molecule has 6 rings (SSSR count). The lowest BCUT2D eigenvalue weighted by atomic mass is 10.0. The van der Waals surface area contributed by atoms with E-state index in [1.165, 1.54) is 35.2 Å². The zero-order valence-electron chi connectivity index (χ0n) is 22.7. The van der Waals surface area contributed by atoms with Crippen molar-refractivity contribution in [2.45, 2.75) is 70.6 Å². The molecule has 2 aliphatic carbocycles. The molecule has 2 heterocycles. The largest absolute Gasteiger partial charge is 0.490 e. The second-order valence-electron chi connectivity index (χ2n) is 11.2. The van der Waals surface area contributed by atoms with Gasteiger partial charge in [-0.15, -0.1) is 11.3 Å². The first-order chi connectivity index (χ1) is 19.0. The Morgan fingerprint density at radius 2 is 2.10 bits per heavy atom. The number of nitriles is 1. The maximum atomic E-state index is 10.2. The summed E-state index contributed by atoms with van der Waals surface area (Å²) in [5.74, 6) is 0.615. The fourth-order valence-corrected chi connectivity index (χ4v) is 6.93. The van der Waals surface area contributed by atoms with Crippen LogP contribution in [0.5, 0.6) is 5.75 Å². The lowest BCUT2D eigenvalue weighted by Gasteiger charge is -2.34. The van der Waals surface area contributed by atoms with E-state index in [0.717, 1.165) is 60.8 Å². The summed E-state index contributed by atoms with van der Waals surface area (Å²) >= 11 is 1.68. The van der Waals surface area contributed by atoms with E-state index in [4.69, 9.17) is 9.72 Å². The number of aliphatic hydroxyl groups is 1. The summed E-state index contributed by atoms with van der Waals surface area (Å²) in [5, 5.41) is 24.6. The second-order valence-corrected chi connectivity index (χ2v) is 12.2. The van der Waals surface area contributed by atoms with Crippen LogP contribution in [0.1, 0.15) is 68.7 Å². The van der Waals surface area contributed by atoms with Gasteiger partial charge in [-0.05, 0) is 92.8 Å². The van der Waals surface area contributed by atoms with Gasteiger partial charge in [-0.1, -0.05) is 18.2 Å². The van der Waals surface area contributed by atoms with E-state index >= 15 is 0 Å². The molecule has 0 radical (unpaired) electrons. The molecule has 2 N–H and O–H groups in total. The number of likely N-dealkylation sites (tertiary alicyclic amines) is 1. The highest BCUT2D eigenvalue weighted by molar-refractivity contribution is 7.18. The molecule has 1 aliphatic heterocycles. The first-order valence-corrected chi connectivity index (χ1v) is 15.0. The number of fused-ring (bicyclic) bond motifs is 1. The Balaban J connectivity index is 1.19. The summed E-state index contributed by atoms with van der Waals surface area (Å²) in [6.45, 7) is 6.62. The topological polar surface area (TPSA) is 81.4 Å². The summed E-state index contributed by atoms with van der Waals surface area (Å²) in [6, 6.07) is 15.0. The van der Waals surface area contributed by atoms with Gasteiger partial charge in [0.25, 0.3) is 0 Å². The number of thiazole rings is 1. The van der Waals surface area contributed by atoms with E-state index in [9.17, 15) is 10.4 Å². The SMILES string of the molecule is CC(C)Oc1ccc(-c2ncc(-c3cccc4c3CC[C@@H]4NCC(=C3CC3)N3CCC[C@H](O)C3)s2)cc1C#N. The number of hydrogen-bond donors (Lipinski definition) is 2. The number of nitrogens with zero attached hydrogens (tertiary/aromatic N) is 3. The summed E-state index contributed by atoms with van der Waals surface area (Å²) in [7, 11) is 0. The smallest absolute Gasteiger partial charge is 0.137 e. The first-order valence-electron chi connectivity index (χ1n) is 14.2. The Kier molecular flexibility index (Phi) is 7.44. The molecule has 2 atom stereocenters. The van der Waals surface area contributed by atoms with Crippen LogP contribution in [-0.2, 0) is 6.42 Å². The number of piperidine rings is 1. The lowest BCUT2D eigenvalue weighted by Crippen LogP contribution is -2.40. The number of rotatable bonds is 8. The molecule has 0 amide bonds. The Bertz CT molecular complexity index is 1430. The van der Waals surface area contributed by atoms with Gasteiger partial charge < -0.3 is 20.1 Å².